The number of benzene rings is 2. The van der Waals surface area contributed by atoms with Gasteiger partial charge in [-0.25, -0.2) is 0 Å². The molecule has 1 heterocycles. The Bertz CT molecular complexity index is 948. The third-order valence-corrected chi connectivity index (χ3v) is 4.79. The summed E-state index contributed by atoms with van der Waals surface area (Å²) in [6, 6.07) is 16.2. The Hall–Kier alpha value is -2.57. The zero-order chi connectivity index (χ0) is 19.2. The van der Waals surface area contributed by atoms with Crippen LogP contribution < -0.4 is 10.1 Å². The van der Waals surface area contributed by atoms with E-state index in [1.54, 1.807) is 30.0 Å². The van der Waals surface area contributed by atoms with Crippen molar-refractivity contribution in [3.05, 3.63) is 65.2 Å². The summed E-state index contributed by atoms with van der Waals surface area (Å²) in [7, 11) is 1.51. The van der Waals surface area contributed by atoms with Gasteiger partial charge in [0.05, 0.1) is 18.4 Å². The van der Waals surface area contributed by atoms with Gasteiger partial charge in [0.1, 0.15) is 10.8 Å². The molecule has 0 aliphatic heterocycles. The fourth-order valence-corrected chi connectivity index (χ4v) is 3.24. The number of ether oxygens (including phenoxy) is 1. The first-order valence-electron chi connectivity index (χ1n) is 8.32. The second kappa shape index (κ2) is 8.88. The van der Waals surface area contributed by atoms with Gasteiger partial charge in [-0.1, -0.05) is 30.7 Å². The summed E-state index contributed by atoms with van der Waals surface area (Å²) in [5.74, 6) is 1.11. The number of carbonyl (C=O) groups is 1. The van der Waals surface area contributed by atoms with Crippen LogP contribution >= 0.6 is 23.4 Å². The molecule has 1 aromatic heterocycles. The van der Waals surface area contributed by atoms with Crippen LogP contribution in [0.1, 0.15) is 17.3 Å². The summed E-state index contributed by atoms with van der Waals surface area (Å²) in [6.07, 6.45) is 0. The maximum atomic E-state index is 12.6. The van der Waals surface area contributed by atoms with Crippen molar-refractivity contribution in [2.45, 2.75) is 11.9 Å². The van der Waals surface area contributed by atoms with Gasteiger partial charge < -0.3 is 10.1 Å². The summed E-state index contributed by atoms with van der Waals surface area (Å²) < 4.78 is 5.24. The number of nitrogens with one attached hydrogen (secondary N) is 1. The lowest BCUT2D eigenvalue weighted by Gasteiger charge is -2.10. The molecule has 0 spiro atoms. The topological polar surface area (TPSA) is 64.1 Å². The minimum atomic E-state index is -0.299. The monoisotopic (exact) mass is 399 g/mol. The first-order chi connectivity index (χ1) is 13.1. The maximum Gasteiger partial charge on any atom is 0.259 e. The quantitative estimate of drug-likeness (QED) is 0.579. The van der Waals surface area contributed by atoms with E-state index in [4.69, 9.17) is 16.3 Å². The Balaban J connectivity index is 1.82. The summed E-state index contributed by atoms with van der Waals surface area (Å²) in [6.45, 7) is 2.07. The summed E-state index contributed by atoms with van der Waals surface area (Å²) in [4.78, 5) is 12.6. The van der Waals surface area contributed by atoms with Crippen molar-refractivity contribution < 1.29 is 9.53 Å². The third-order valence-electron chi connectivity index (χ3n) is 3.75. The van der Waals surface area contributed by atoms with Crippen LogP contribution in [0.2, 0.25) is 5.02 Å². The van der Waals surface area contributed by atoms with Crippen LogP contribution in [0.25, 0.3) is 11.3 Å². The second-order valence-corrected chi connectivity index (χ2v) is 7.29. The number of carbonyl (C=O) groups excluding carboxylic acids is 1. The SMILES string of the molecule is CCSc1ccc(-c2cccc(NC(=O)c3cc(Cl)ccc3OC)c2)nn1. The first-order valence-corrected chi connectivity index (χ1v) is 9.69. The number of methoxy groups -OCH3 is 1. The number of nitrogens with zero attached hydrogens (tertiary/aromatic N) is 2. The molecule has 0 aliphatic rings. The highest BCUT2D eigenvalue weighted by atomic mass is 35.5. The van der Waals surface area contributed by atoms with Crippen molar-refractivity contribution >= 4 is 35.0 Å². The molecular formula is C20H18ClN3O2S. The van der Waals surface area contributed by atoms with E-state index in [-0.39, 0.29) is 5.91 Å². The van der Waals surface area contributed by atoms with Crippen molar-refractivity contribution in [1.82, 2.24) is 10.2 Å². The molecule has 3 rings (SSSR count). The van der Waals surface area contributed by atoms with Crippen molar-refractivity contribution in [3.8, 4) is 17.0 Å². The number of hydrogen-bond acceptors (Lipinski definition) is 5. The van der Waals surface area contributed by atoms with Crippen LogP contribution in [0.4, 0.5) is 5.69 Å². The van der Waals surface area contributed by atoms with Gasteiger partial charge in [-0.2, -0.15) is 0 Å². The zero-order valence-corrected chi connectivity index (χ0v) is 16.5. The molecule has 7 heteroatoms. The molecule has 0 bridgehead atoms. The fourth-order valence-electron chi connectivity index (χ4n) is 2.51. The van der Waals surface area contributed by atoms with Crippen molar-refractivity contribution in [1.29, 1.82) is 0 Å². The summed E-state index contributed by atoms with van der Waals surface area (Å²) >= 11 is 7.65. The molecule has 1 amide bonds. The molecule has 0 unspecified atom stereocenters. The smallest absolute Gasteiger partial charge is 0.259 e. The van der Waals surface area contributed by atoms with E-state index < -0.39 is 0 Å². The zero-order valence-electron chi connectivity index (χ0n) is 14.9. The number of aromatic nitrogens is 2. The Morgan fingerprint density at radius 3 is 2.70 bits per heavy atom. The van der Waals surface area contributed by atoms with Crippen LogP contribution in [0.15, 0.2) is 59.6 Å². The van der Waals surface area contributed by atoms with E-state index in [1.807, 2.05) is 36.4 Å². The molecule has 2 aromatic carbocycles. The Morgan fingerprint density at radius 1 is 1.15 bits per heavy atom. The largest absolute Gasteiger partial charge is 0.496 e. The van der Waals surface area contributed by atoms with Gasteiger partial charge in [0.2, 0.25) is 0 Å². The lowest BCUT2D eigenvalue weighted by atomic mass is 10.1. The predicted molar refractivity (Wildman–Crippen MR) is 110 cm³/mol. The summed E-state index contributed by atoms with van der Waals surface area (Å²) in [5, 5.41) is 12.7. The van der Waals surface area contributed by atoms with Gasteiger partial charge in [-0.3, -0.25) is 4.79 Å². The van der Waals surface area contributed by atoms with E-state index in [0.717, 1.165) is 22.0 Å². The number of hydrogen-bond donors (Lipinski definition) is 1. The van der Waals surface area contributed by atoms with Gasteiger partial charge >= 0.3 is 0 Å². The van der Waals surface area contributed by atoms with Gasteiger partial charge in [0.15, 0.2) is 0 Å². The number of anilines is 1. The van der Waals surface area contributed by atoms with E-state index in [0.29, 0.717) is 22.0 Å². The van der Waals surface area contributed by atoms with Crippen LogP contribution in [0.5, 0.6) is 5.75 Å². The number of amides is 1. The van der Waals surface area contributed by atoms with Gasteiger partial charge in [-0.15, -0.1) is 22.0 Å². The van der Waals surface area contributed by atoms with E-state index in [9.17, 15) is 4.79 Å². The molecule has 0 saturated heterocycles. The van der Waals surface area contributed by atoms with Crippen molar-refractivity contribution in [2.75, 3.05) is 18.2 Å². The third kappa shape index (κ3) is 4.78. The summed E-state index contributed by atoms with van der Waals surface area (Å²) in [5.41, 5.74) is 2.63. The molecule has 5 nitrogen and oxygen atoms in total. The number of rotatable bonds is 6. The van der Waals surface area contributed by atoms with Crippen molar-refractivity contribution in [2.24, 2.45) is 0 Å². The van der Waals surface area contributed by atoms with Crippen molar-refractivity contribution in [3.63, 3.8) is 0 Å². The maximum absolute atomic E-state index is 12.6. The average molecular weight is 400 g/mol. The van der Waals surface area contributed by atoms with Gasteiger partial charge in [0.25, 0.3) is 5.91 Å². The average Bonchev–Trinajstić information content (AvgIpc) is 2.69. The molecule has 0 saturated carbocycles. The Morgan fingerprint density at radius 2 is 2.00 bits per heavy atom. The van der Waals surface area contributed by atoms with Gasteiger partial charge in [0, 0.05) is 16.3 Å². The Labute approximate surface area is 167 Å². The van der Waals surface area contributed by atoms with Crippen LogP contribution in [-0.2, 0) is 0 Å². The lowest BCUT2D eigenvalue weighted by Crippen LogP contribution is -2.13. The molecule has 27 heavy (non-hydrogen) atoms. The molecule has 138 valence electrons. The number of thioether (sulfide) groups is 1. The molecule has 1 N–H and O–H groups in total. The van der Waals surface area contributed by atoms with E-state index in [2.05, 4.69) is 22.4 Å². The van der Waals surface area contributed by atoms with Gasteiger partial charge in [-0.05, 0) is 48.2 Å². The second-order valence-electron chi connectivity index (χ2n) is 5.57. The lowest BCUT2D eigenvalue weighted by molar-refractivity contribution is 0.102. The van der Waals surface area contributed by atoms with Crippen LogP contribution in [0, 0.1) is 0 Å². The normalized spacial score (nSPS) is 10.5. The predicted octanol–water partition coefficient (Wildman–Crippen LogP) is 5.17. The standard InChI is InChI=1S/C20H18ClN3O2S/c1-3-27-19-10-8-17(23-24-19)13-5-4-6-15(11-13)22-20(25)16-12-14(21)7-9-18(16)26-2/h4-12H,3H2,1-2H3,(H,22,25). The minimum Gasteiger partial charge on any atom is -0.496 e. The molecule has 0 radical (unpaired) electrons. The molecule has 3 aromatic rings. The molecule has 0 atom stereocenters. The Kier molecular flexibility index (Phi) is 6.32. The van der Waals surface area contributed by atoms with E-state index >= 15 is 0 Å². The molecule has 0 fully saturated rings. The highest BCUT2D eigenvalue weighted by molar-refractivity contribution is 7.99. The number of halogens is 1. The van der Waals surface area contributed by atoms with E-state index in [1.165, 1.54) is 7.11 Å². The fraction of sp³-hybridized carbons (Fsp3) is 0.150. The minimum absolute atomic E-state index is 0.299. The van der Waals surface area contributed by atoms with Crippen LogP contribution in [-0.4, -0.2) is 29.0 Å². The highest BCUT2D eigenvalue weighted by Gasteiger charge is 2.13. The first kappa shape index (κ1) is 19.2. The highest BCUT2D eigenvalue weighted by Crippen LogP contribution is 2.26. The molecular weight excluding hydrogens is 382 g/mol. The van der Waals surface area contributed by atoms with Crippen LogP contribution in [0.3, 0.4) is 0 Å². The molecule has 0 aliphatic carbocycles.